The van der Waals surface area contributed by atoms with Crippen LogP contribution < -0.4 is 14.8 Å². The van der Waals surface area contributed by atoms with Gasteiger partial charge in [-0.3, -0.25) is 4.98 Å². The van der Waals surface area contributed by atoms with Crippen LogP contribution in [-0.4, -0.2) is 18.2 Å². The number of hydrogen-bond acceptors (Lipinski definition) is 4. The van der Waals surface area contributed by atoms with Crippen molar-refractivity contribution in [3.63, 3.8) is 0 Å². The molecule has 0 bridgehead atoms. The Morgan fingerprint density at radius 2 is 2.00 bits per heavy atom. The van der Waals surface area contributed by atoms with Crippen LogP contribution in [0.15, 0.2) is 42.7 Å². The zero-order chi connectivity index (χ0) is 14.8. The van der Waals surface area contributed by atoms with E-state index in [9.17, 15) is 0 Å². The predicted octanol–water partition coefficient (Wildman–Crippen LogP) is 3.09. The number of aromatic nitrogens is 1. The van der Waals surface area contributed by atoms with E-state index in [1.54, 1.807) is 0 Å². The molecule has 1 fully saturated rings. The van der Waals surface area contributed by atoms with Gasteiger partial charge in [0.2, 0.25) is 0 Å². The van der Waals surface area contributed by atoms with Gasteiger partial charge in [0.15, 0.2) is 11.5 Å². The second-order valence-electron chi connectivity index (χ2n) is 5.96. The molecule has 4 heteroatoms. The average molecular weight is 296 g/mol. The highest BCUT2D eigenvalue weighted by Crippen LogP contribution is 2.43. The van der Waals surface area contributed by atoms with Crippen molar-refractivity contribution < 1.29 is 9.47 Å². The minimum absolute atomic E-state index is 0.371. The van der Waals surface area contributed by atoms with Gasteiger partial charge in [0.25, 0.3) is 0 Å². The summed E-state index contributed by atoms with van der Waals surface area (Å²) < 4.78 is 11.3. The Hall–Kier alpha value is -2.07. The molecule has 1 saturated carbocycles. The van der Waals surface area contributed by atoms with Crippen LogP contribution in [0.2, 0.25) is 0 Å². The van der Waals surface area contributed by atoms with E-state index in [2.05, 4.69) is 28.5 Å². The van der Waals surface area contributed by atoms with Gasteiger partial charge >= 0.3 is 0 Å². The Bertz CT molecular complexity index is 641. The molecule has 22 heavy (non-hydrogen) atoms. The molecular formula is C18H20N2O2. The normalized spacial score (nSPS) is 18.0. The van der Waals surface area contributed by atoms with Crippen LogP contribution in [0.3, 0.4) is 0 Å². The fourth-order valence-corrected chi connectivity index (χ4v) is 2.97. The molecule has 0 amide bonds. The highest BCUT2D eigenvalue weighted by Gasteiger charge is 2.32. The Morgan fingerprint density at radius 3 is 2.77 bits per heavy atom. The van der Waals surface area contributed by atoms with Gasteiger partial charge in [-0.2, -0.15) is 0 Å². The van der Waals surface area contributed by atoms with Gasteiger partial charge in [-0.1, -0.05) is 12.1 Å². The molecule has 2 heterocycles. The van der Waals surface area contributed by atoms with Crippen LogP contribution in [0.4, 0.5) is 0 Å². The number of rotatable bonds is 5. The molecule has 0 radical (unpaired) electrons. The van der Waals surface area contributed by atoms with Crippen molar-refractivity contribution in [2.24, 2.45) is 5.92 Å². The van der Waals surface area contributed by atoms with Gasteiger partial charge in [-0.15, -0.1) is 0 Å². The number of nitrogens with zero attached hydrogens (tertiary/aromatic N) is 1. The molecule has 1 aromatic heterocycles. The second-order valence-corrected chi connectivity index (χ2v) is 5.96. The quantitative estimate of drug-likeness (QED) is 0.921. The number of benzene rings is 1. The molecule has 4 rings (SSSR count). The zero-order valence-corrected chi connectivity index (χ0v) is 12.5. The standard InChI is InChI=1S/C18H20N2O2/c1-2-13(11-19-7-1)12-20-18(14-3-4-14)15-5-6-16-17(10-15)22-9-8-21-16/h1-2,5-7,10-11,14,18,20H,3-4,8-9,12H2. The maximum atomic E-state index is 5.71. The van der Waals surface area contributed by atoms with E-state index < -0.39 is 0 Å². The summed E-state index contributed by atoms with van der Waals surface area (Å²) in [6.07, 6.45) is 6.31. The highest BCUT2D eigenvalue weighted by atomic mass is 16.6. The minimum atomic E-state index is 0.371. The summed E-state index contributed by atoms with van der Waals surface area (Å²) in [5.41, 5.74) is 2.50. The lowest BCUT2D eigenvalue weighted by Gasteiger charge is -2.23. The maximum absolute atomic E-state index is 5.71. The molecule has 2 aliphatic rings. The summed E-state index contributed by atoms with van der Waals surface area (Å²) in [7, 11) is 0. The van der Waals surface area contributed by atoms with Gasteiger partial charge in [0.05, 0.1) is 0 Å². The molecule has 1 aliphatic heterocycles. The van der Waals surface area contributed by atoms with Crippen molar-refractivity contribution in [1.29, 1.82) is 0 Å². The van der Waals surface area contributed by atoms with E-state index >= 15 is 0 Å². The Labute approximate surface area is 130 Å². The van der Waals surface area contributed by atoms with Crippen LogP contribution >= 0.6 is 0 Å². The molecule has 2 aromatic rings. The van der Waals surface area contributed by atoms with E-state index in [0.717, 1.165) is 24.0 Å². The molecule has 1 atom stereocenters. The third kappa shape index (κ3) is 2.92. The van der Waals surface area contributed by atoms with Gasteiger partial charge in [0.1, 0.15) is 13.2 Å². The summed E-state index contributed by atoms with van der Waals surface area (Å²) in [6.45, 7) is 2.11. The van der Waals surface area contributed by atoms with E-state index in [1.807, 2.05) is 24.5 Å². The molecule has 1 unspecified atom stereocenters. The number of pyridine rings is 1. The lowest BCUT2D eigenvalue weighted by Crippen LogP contribution is -2.23. The van der Waals surface area contributed by atoms with Crippen LogP contribution in [-0.2, 0) is 6.54 Å². The summed E-state index contributed by atoms with van der Waals surface area (Å²) in [5.74, 6) is 2.45. The fraction of sp³-hybridized carbons (Fsp3) is 0.389. The third-order valence-electron chi connectivity index (χ3n) is 4.27. The van der Waals surface area contributed by atoms with Crippen molar-refractivity contribution in [2.75, 3.05) is 13.2 Å². The minimum Gasteiger partial charge on any atom is -0.486 e. The Kier molecular flexibility index (Phi) is 3.69. The van der Waals surface area contributed by atoms with Gasteiger partial charge < -0.3 is 14.8 Å². The molecule has 1 aliphatic carbocycles. The summed E-state index contributed by atoms with van der Waals surface area (Å²) in [4.78, 5) is 4.18. The highest BCUT2D eigenvalue weighted by molar-refractivity contribution is 5.45. The fourth-order valence-electron chi connectivity index (χ4n) is 2.97. The van der Waals surface area contributed by atoms with Crippen molar-refractivity contribution in [1.82, 2.24) is 10.3 Å². The molecule has 0 saturated heterocycles. The SMILES string of the molecule is c1cncc(CNC(c2ccc3c(c2)OCCO3)C2CC2)c1. The third-order valence-corrected chi connectivity index (χ3v) is 4.27. The first kappa shape index (κ1) is 13.6. The topological polar surface area (TPSA) is 43.4 Å². The van der Waals surface area contributed by atoms with Gasteiger partial charge in [-0.25, -0.2) is 0 Å². The number of hydrogen-bond donors (Lipinski definition) is 1. The number of ether oxygens (including phenoxy) is 2. The van der Waals surface area contributed by atoms with Crippen molar-refractivity contribution in [3.8, 4) is 11.5 Å². The molecule has 1 aromatic carbocycles. The first-order chi connectivity index (χ1) is 10.9. The van der Waals surface area contributed by atoms with Crippen molar-refractivity contribution in [3.05, 3.63) is 53.9 Å². The maximum Gasteiger partial charge on any atom is 0.161 e. The lowest BCUT2D eigenvalue weighted by atomic mass is 10.0. The Balaban J connectivity index is 1.52. The lowest BCUT2D eigenvalue weighted by molar-refractivity contribution is 0.171. The van der Waals surface area contributed by atoms with Crippen LogP contribution in [0, 0.1) is 5.92 Å². The van der Waals surface area contributed by atoms with Gasteiger partial charge in [-0.05, 0) is 48.1 Å². The largest absolute Gasteiger partial charge is 0.486 e. The molecule has 114 valence electrons. The smallest absolute Gasteiger partial charge is 0.161 e. The molecular weight excluding hydrogens is 276 g/mol. The molecule has 1 N–H and O–H groups in total. The zero-order valence-electron chi connectivity index (χ0n) is 12.5. The summed E-state index contributed by atoms with van der Waals surface area (Å²) in [6, 6.07) is 10.8. The predicted molar refractivity (Wildman–Crippen MR) is 84.0 cm³/mol. The van der Waals surface area contributed by atoms with Crippen molar-refractivity contribution >= 4 is 0 Å². The first-order valence-electron chi connectivity index (χ1n) is 7.92. The number of fused-ring (bicyclic) bond motifs is 1. The second kappa shape index (κ2) is 5.97. The van der Waals surface area contributed by atoms with Crippen LogP contribution in [0.1, 0.15) is 30.0 Å². The number of nitrogens with one attached hydrogen (secondary N) is 1. The average Bonchev–Trinajstić information content (AvgIpc) is 3.41. The van der Waals surface area contributed by atoms with E-state index in [4.69, 9.17) is 9.47 Å². The van der Waals surface area contributed by atoms with Crippen LogP contribution in [0.25, 0.3) is 0 Å². The van der Waals surface area contributed by atoms with Crippen LogP contribution in [0.5, 0.6) is 11.5 Å². The monoisotopic (exact) mass is 296 g/mol. The van der Waals surface area contributed by atoms with E-state index in [-0.39, 0.29) is 0 Å². The molecule has 4 nitrogen and oxygen atoms in total. The van der Waals surface area contributed by atoms with E-state index in [0.29, 0.717) is 19.3 Å². The Morgan fingerprint density at radius 1 is 1.14 bits per heavy atom. The van der Waals surface area contributed by atoms with E-state index in [1.165, 1.54) is 24.0 Å². The van der Waals surface area contributed by atoms with Crippen molar-refractivity contribution in [2.45, 2.75) is 25.4 Å². The summed E-state index contributed by atoms with van der Waals surface area (Å²) >= 11 is 0. The van der Waals surface area contributed by atoms with Gasteiger partial charge in [0, 0.05) is 25.0 Å². The summed E-state index contributed by atoms with van der Waals surface area (Å²) in [5, 5.41) is 3.68. The molecule has 0 spiro atoms. The first-order valence-corrected chi connectivity index (χ1v) is 7.92.